The minimum atomic E-state index is 0.380. The number of ether oxygens (including phenoxy) is 1. The van der Waals surface area contributed by atoms with Gasteiger partial charge in [-0.1, -0.05) is 47.5 Å². The highest BCUT2D eigenvalue weighted by molar-refractivity contribution is 6.31. The molecule has 0 aliphatic carbocycles. The van der Waals surface area contributed by atoms with Crippen LogP contribution in [0.25, 0.3) is 28.0 Å². The highest BCUT2D eigenvalue weighted by Crippen LogP contribution is 2.32. The van der Waals surface area contributed by atoms with Gasteiger partial charge in [-0.2, -0.15) is 5.10 Å². The summed E-state index contributed by atoms with van der Waals surface area (Å²) in [6.45, 7) is 0.380. The van der Waals surface area contributed by atoms with E-state index in [0.717, 1.165) is 33.7 Å². The molecule has 4 aromatic rings. The van der Waals surface area contributed by atoms with E-state index in [4.69, 9.17) is 33.0 Å². The molecule has 0 aliphatic heterocycles. The van der Waals surface area contributed by atoms with Crippen LogP contribution in [0.1, 0.15) is 5.69 Å². The largest absolute Gasteiger partial charge is 0.378 e. The van der Waals surface area contributed by atoms with Gasteiger partial charge in [-0.25, -0.2) is 9.50 Å². The lowest BCUT2D eigenvalue weighted by atomic mass is 10.1. The zero-order valence-corrected chi connectivity index (χ0v) is 15.5. The normalized spacial score (nSPS) is 11.2. The lowest BCUT2D eigenvalue weighted by Gasteiger charge is -2.05. The number of nitrogens with zero attached hydrogens (tertiary/aromatic N) is 3. The van der Waals surface area contributed by atoms with Crippen molar-refractivity contribution >= 4 is 28.8 Å². The second-order valence-electron chi connectivity index (χ2n) is 5.84. The number of rotatable bonds is 4. The van der Waals surface area contributed by atoms with Gasteiger partial charge < -0.3 is 4.74 Å². The standard InChI is InChI=1S/C20H15Cl2N3O/c1-26-12-17-19(14-3-2-4-16(22)11-14)20-23-10-9-18(25(20)24-17)13-5-7-15(21)8-6-13/h2-11H,12H2,1H3. The van der Waals surface area contributed by atoms with Crippen LogP contribution in [0.2, 0.25) is 10.0 Å². The number of fused-ring (bicyclic) bond motifs is 1. The summed E-state index contributed by atoms with van der Waals surface area (Å²) in [5, 5.41) is 6.12. The van der Waals surface area contributed by atoms with Gasteiger partial charge in [0.1, 0.15) is 0 Å². The predicted octanol–water partition coefficient (Wildman–Crippen LogP) is 5.52. The molecule has 0 saturated carbocycles. The molecule has 0 N–H and O–H groups in total. The molecule has 0 radical (unpaired) electrons. The Kier molecular flexibility index (Phi) is 4.64. The van der Waals surface area contributed by atoms with E-state index in [1.807, 2.05) is 59.1 Å². The number of benzene rings is 2. The fraction of sp³-hybridized carbons (Fsp3) is 0.100. The first-order valence-corrected chi connectivity index (χ1v) is 8.80. The average molecular weight is 384 g/mol. The summed E-state index contributed by atoms with van der Waals surface area (Å²) in [5.74, 6) is 0. The van der Waals surface area contributed by atoms with Gasteiger partial charge in [-0.15, -0.1) is 0 Å². The van der Waals surface area contributed by atoms with E-state index in [2.05, 4.69) is 4.98 Å². The van der Waals surface area contributed by atoms with Crippen molar-refractivity contribution in [1.82, 2.24) is 14.6 Å². The van der Waals surface area contributed by atoms with Crippen LogP contribution in [-0.2, 0) is 11.3 Å². The van der Waals surface area contributed by atoms with Crippen LogP contribution < -0.4 is 0 Å². The molecule has 0 fully saturated rings. The van der Waals surface area contributed by atoms with Crippen molar-refractivity contribution in [3.8, 4) is 22.4 Å². The second kappa shape index (κ2) is 7.08. The van der Waals surface area contributed by atoms with E-state index in [1.165, 1.54) is 0 Å². The molecule has 26 heavy (non-hydrogen) atoms. The Hall–Kier alpha value is -2.40. The number of aromatic nitrogens is 3. The Balaban J connectivity index is 1.98. The molecular formula is C20H15Cl2N3O. The molecule has 0 bridgehead atoms. The molecular weight excluding hydrogens is 369 g/mol. The first kappa shape index (κ1) is 17.0. The van der Waals surface area contributed by atoms with Gasteiger partial charge in [0, 0.05) is 28.9 Å². The van der Waals surface area contributed by atoms with Crippen LogP contribution >= 0.6 is 23.2 Å². The van der Waals surface area contributed by atoms with Crippen LogP contribution in [0.4, 0.5) is 0 Å². The van der Waals surface area contributed by atoms with E-state index in [1.54, 1.807) is 13.3 Å². The number of hydrogen-bond acceptors (Lipinski definition) is 3. The molecule has 2 aromatic carbocycles. The van der Waals surface area contributed by atoms with Crippen LogP contribution in [0.3, 0.4) is 0 Å². The lowest BCUT2D eigenvalue weighted by Crippen LogP contribution is -1.96. The molecule has 0 unspecified atom stereocenters. The third-order valence-corrected chi connectivity index (χ3v) is 4.61. The Morgan fingerprint density at radius 3 is 2.50 bits per heavy atom. The van der Waals surface area contributed by atoms with Crippen molar-refractivity contribution in [2.45, 2.75) is 6.61 Å². The Labute approximate surface area is 161 Å². The summed E-state index contributed by atoms with van der Waals surface area (Å²) >= 11 is 12.2. The van der Waals surface area contributed by atoms with Crippen molar-refractivity contribution in [1.29, 1.82) is 0 Å². The Bertz CT molecular complexity index is 1070. The number of halogens is 2. The Morgan fingerprint density at radius 2 is 1.77 bits per heavy atom. The number of methoxy groups -OCH3 is 1. The van der Waals surface area contributed by atoms with Gasteiger partial charge in [-0.05, 0) is 35.9 Å². The molecule has 0 amide bonds. The molecule has 4 rings (SSSR count). The SMILES string of the molecule is COCc1nn2c(-c3ccc(Cl)cc3)ccnc2c1-c1cccc(Cl)c1. The first-order valence-electron chi connectivity index (χ1n) is 8.05. The van der Waals surface area contributed by atoms with E-state index in [0.29, 0.717) is 16.7 Å². The topological polar surface area (TPSA) is 39.4 Å². The van der Waals surface area contributed by atoms with Gasteiger partial charge in [0.2, 0.25) is 0 Å². The maximum absolute atomic E-state index is 6.19. The summed E-state index contributed by atoms with van der Waals surface area (Å²) in [6, 6.07) is 17.3. The molecule has 2 heterocycles. The monoisotopic (exact) mass is 383 g/mol. The van der Waals surface area contributed by atoms with E-state index < -0.39 is 0 Å². The molecule has 0 saturated heterocycles. The molecule has 0 atom stereocenters. The zero-order chi connectivity index (χ0) is 18.1. The van der Waals surface area contributed by atoms with Crippen LogP contribution in [0, 0.1) is 0 Å². The third kappa shape index (κ3) is 3.07. The second-order valence-corrected chi connectivity index (χ2v) is 6.71. The molecule has 4 nitrogen and oxygen atoms in total. The third-order valence-electron chi connectivity index (χ3n) is 4.13. The van der Waals surface area contributed by atoms with Gasteiger partial charge in [-0.3, -0.25) is 0 Å². The minimum Gasteiger partial charge on any atom is -0.378 e. The fourth-order valence-electron chi connectivity index (χ4n) is 3.01. The van der Waals surface area contributed by atoms with E-state index >= 15 is 0 Å². The maximum Gasteiger partial charge on any atom is 0.163 e. The van der Waals surface area contributed by atoms with Crippen LogP contribution in [-0.4, -0.2) is 21.7 Å². The fourth-order valence-corrected chi connectivity index (χ4v) is 3.32. The smallest absolute Gasteiger partial charge is 0.163 e. The van der Waals surface area contributed by atoms with Crippen molar-refractivity contribution in [3.63, 3.8) is 0 Å². The number of hydrogen-bond donors (Lipinski definition) is 0. The van der Waals surface area contributed by atoms with Crippen molar-refractivity contribution in [3.05, 3.63) is 76.5 Å². The van der Waals surface area contributed by atoms with Crippen molar-refractivity contribution in [2.24, 2.45) is 0 Å². The average Bonchev–Trinajstić information content (AvgIpc) is 3.01. The van der Waals surface area contributed by atoms with E-state index in [9.17, 15) is 0 Å². The molecule has 0 spiro atoms. The summed E-state index contributed by atoms with van der Waals surface area (Å²) in [5.41, 5.74) is 5.38. The Morgan fingerprint density at radius 1 is 0.962 bits per heavy atom. The lowest BCUT2D eigenvalue weighted by molar-refractivity contribution is 0.181. The van der Waals surface area contributed by atoms with Gasteiger partial charge >= 0.3 is 0 Å². The minimum absolute atomic E-state index is 0.380. The van der Waals surface area contributed by atoms with E-state index in [-0.39, 0.29) is 0 Å². The summed E-state index contributed by atoms with van der Waals surface area (Å²) in [4.78, 5) is 4.57. The highest BCUT2D eigenvalue weighted by atomic mass is 35.5. The molecule has 6 heteroatoms. The summed E-state index contributed by atoms with van der Waals surface area (Å²) in [6.07, 6.45) is 1.78. The van der Waals surface area contributed by atoms with Gasteiger partial charge in [0.05, 0.1) is 23.6 Å². The quantitative estimate of drug-likeness (QED) is 0.465. The molecule has 130 valence electrons. The van der Waals surface area contributed by atoms with Crippen molar-refractivity contribution < 1.29 is 4.74 Å². The zero-order valence-electron chi connectivity index (χ0n) is 14.0. The van der Waals surface area contributed by atoms with Crippen LogP contribution in [0.5, 0.6) is 0 Å². The van der Waals surface area contributed by atoms with Crippen molar-refractivity contribution in [2.75, 3.05) is 7.11 Å². The van der Waals surface area contributed by atoms with Gasteiger partial charge in [0.25, 0.3) is 0 Å². The molecule has 2 aromatic heterocycles. The summed E-state index contributed by atoms with van der Waals surface area (Å²) in [7, 11) is 1.65. The van der Waals surface area contributed by atoms with Crippen LogP contribution in [0.15, 0.2) is 60.8 Å². The predicted molar refractivity (Wildman–Crippen MR) is 105 cm³/mol. The van der Waals surface area contributed by atoms with Gasteiger partial charge in [0.15, 0.2) is 5.65 Å². The summed E-state index contributed by atoms with van der Waals surface area (Å²) < 4.78 is 7.20. The first-order chi connectivity index (χ1) is 12.7. The molecule has 0 aliphatic rings. The highest BCUT2D eigenvalue weighted by Gasteiger charge is 2.18. The maximum atomic E-state index is 6.19.